The van der Waals surface area contributed by atoms with Crippen LogP contribution in [0.25, 0.3) is 10.9 Å². The molecule has 1 aromatic heterocycles. The lowest BCUT2D eigenvalue weighted by atomic mass is 10.0. The summed E-state index contributed by atoms with van der Waals surface area (Å²) in [5.74, 6) is 1.15. The fourth-order valence-electron chi connectivity index (χ4n) is 2.92. The highest BCUT2D eigenvalue weighted by atomic mass is 15.2. The number of nitrogens with zero attached hydrogens (tertiary/aromatic N) is 2. The zero-order valence-corrected chi connectivity index (χ0v) is 12.0. The second-order valence-electron chi connectivity index (χ2n) is 5.51. The molecule has 1 fully saturated rings. The highest BCUT2D eigenvalue weighted by molar-refractivity contribution is 5.85. The molecule has 1 aliphatic heterocycles. The number of hydrogen-bond acceptors (Lipinski definition) is 3. The Morgan fingerprint density at radius 1 is 1.00 bits per heavy atom. The minimum Gasteiger partial charge on any atom is -0.354 e. The number of benzene rings is 1. The molecule has 3 nitrogen and oxygen atoms in total. The first kappa shape index (κ1) is 12.4. The number of hydrogen-bond donors (Lipinski definition) is 1. The van der Waals surface area contributed by atoms with Gasteiger partial charge in [0.2, 0.25) is 0 Å². The number of aryl methyl sites for hydroxylation is 3. The Bertz CT molecular complexity index is 613. The highest BCUT2D eigenvalue weighted by Crippen LogP contribution is 2.26. The first-order chi connectivity index (χ1) is 9.15. The standard InChI is InChI=1S/C16H21N3/c1-11-8-12(2)14-10-13(3)16(18-15(14)9-11)19-6-4-17-5-7-19/h8-10,17H,4-7H2,1-3H3. The van der Waals surface area contributed by atoms with Gasteiger partial charge in [-0.15, -0.1) is 0 Å². The van der Waals surface area contributed by atoms with Crippen LogP contribution < -0.4 is 10.2 Å². The lowest BCUT2D eigenvalue weighted by Gasteiger charge is -2.30. The first-order valence-corrected chi connectivity index (χ1v) is 6.99. The maximum Gasteiger partial charge on any atom is 0.132 e. The predicted molar refractivity (Wildman–Crippen MR) is 81.0 cm³/mol. The van der Waals surface area contributed by atoms with Crippen LogP contribution in [0, 0.1) is 20.8 Å². The number of pyridine rings is 1. The molecule has 0 unspecified atom stereocenters. The smallest absolute Gasteiger partial charge is 0.132 e. The third-order valence-electron chi connectivity index (χ3n) is 3.87. The number of nitrogens with one attached hydrogen (secondary N) is 1. The van der Waals surface area contributed by atoms with Gasteiger partial charge in [0, 0.05) is 31.6 Å². The molecule has 0 atom stereocenters. The van der Waals surface area contributed by atoms with Crippen LogP contribution in [0.15, 0.2) is 18.2 Å². The summed E-state index contributed by atoms with van der Waals surface area (Å²) in [5, 5.41) is 4.67. The quantitative estimate of drug-likeness (QED) is 0.849. The summed E-state index contributed by atoms with van der Waals surface area (Å²) < 4.78 is 0. The molecule has 0 amide bonds. The van der Waals surface area contributed by atoms with Crippen LogP contribution in [0.2, 0.25) is 0 Å². The topological polar surface area (TPSA) is 28.2 Å². The predicted octanol–water partition coefficient (Wildman–Crippen LogP) is 2.57. The molecule has 3 heteroatoms. The molecule has 1 aliphatic rings. The molecule has 2 aromatic rings. The third-order valence-corrected chi connectivity index (χ3v) is 3.87. The van der Waals surface area contributed by atoms with Crippen molar-refractivity contribution in [3.8, 4) is 0 Å². The summed E-state index contributed by atoms with van der Waals surface area (Å²) in [7, 11) is 0. The molecule has 100 valence electrons. The summed E-state index contributed by atoms with van der Waals surface area (Å²) >= 11 is 0. The second kappa shape index (κ2) is 4.82. The Balaban J connectivity index is 2.12. The molecule has 0 aliphatic carbocycles. The molecule has 0 saturated carbocycles. The van der Waals surface area contributed by atoms with Crippen LogP contribution in [-0.2, 0) is 0 Å². The van der Waals surface area contributed by atoms with Gasteiger partial charge in [0.25, 0.3) is 0 Å². The average Bonchev–Trinajstić information content (AvgIpc) is 2.40. The second-order valence-corrected chi connectivity index (χ2v) is 5.51. The van der Waals surface area contributed by atoms with E-state index in [0.29, 0.717) is 0 Å². The SMILES string of the molecule is Cc1cc(C)c2cc(C)c(N3CCNCC3)nc2c1. The minimum absolute atomic E-state index is 1.05. The van der Waals surface area contributed by atoms with Gasteiger partial charge in [-0.2, -0.15) is 0 Å². The van der Waals surface area contributed by atoms with E-state index < -0.39 is 0 Å². The molecule has 3 rings (SSSR count). The number of anilines is 1. The van der Waals surface area contributed by atoms with Crippen LogP contribution >= 0.6 is 0 Å². The van der Waals surface area contributed by atoms with Crippen molar-refractivity contribution >= 4 is 16.7 Å². The zero-order chi connectivity index (χ0) is 13.4. The summed E-state index contributed by atoms with van der Waals surface area (Å²) in [5.41, 5.74) is 5.00. The molecule has 1 N–H and O–H groups in total. The van der Waals surface area contributed by atoms with Crippen molar-refractivity contribution in [2.24, 2.45) is 0 Å². The summed E-state index contributed by atoms with van der Waals surface area (Å²) in [6.45, 7) is 10.7. The Hall–Kier alpha value is -1.61. The summed E-state index contributed by atoms with van der Waals surface area (Å²) in [4.78, 5) is 7.31. The Morgan fingerprint density at radius 2 is 1.74 bits per heavy atom. The van der Waals surface area contributed by atoms with Crippen molar-refractivity contribution in [2.75, 3.05) is 31.1 Å². The fraction of sp³-hybridized carbons (Fsp3) is 0.438. The van der Waals surface area contributed by atoms with E-state index in [9.17, 15) is 0 Å². The summed E-state index contributed by atoms with van der Waals surface area (Å²) in [6.07, 6.45) is 0. The van der Waals surface area contributed by atoms with Gasteiger partial charge in [0.15, 0.2) is 0 Å². The third kappa shape index (κ3) is 2.30. The van der Waals surface area contributed by atoms with E-state index in [4.69, 9.17) is 4.98 Å². The largest absolute Gasteiger partial charge is 0.354 e. The van der Waals surface area contributed by atoms with Crippen molar-refractivity contribution < 1.29 is 0 Å². The van der Waals surface area contributed by atoms with Crippen molar-refractivity contribution in [1.29, 1.82) is 0 Å². The van der Waals surface area contributed by atoms with E-state index in [1.54, 1.807) is 0 Å². The van der Waals surface area contributed by atoms with Crippen LogP contribution in [-0.4, -0.2) is 31.2 Å². The van der Waals surface area contributed by atoms with Crippen LogP contribution in [0.4, 0.5) is 5.82 Å². The number of piperazine rings is 1. The van der Waals surface area contributed by atoms with E-state index in [2.05, 4.69) is 49.2 Å². The fourth-order valence-corrected chi connectivity index (χ4v) is 2.92. The van der Waals surface area contributed by atoms with Crippen molar-refractivity contribution in [1.82, 2.24) is 10.3 Å². The first-order valence-electron chi connectivity index (χ1n) is 6.99. The van der Waals surface area contributed by atoms with Gasteiger partial charge in [0.1, 0.15) is 5.82 Å². The van der Waals surface area contributed by atoms with E-state index in [-0.39, 0.29) is 0 Å². The molecular formula is C16H21N3. The lowest BCUT2D eigenvalue weighted by Crippen LogP contribution is -2.44. The van der Waals surface area contributed by atoms with Crippen molar-refractivity contribution in [3.05, 3.63) is 34.9 Å². The van der Waals surface area contributed by atoms with Gasteiger partial charge in [0.05, 0.1) is 5.52 Å². The number of aromatic nitrogens is 1. The van der Waals surface area contributed by atoms with Gasteiger partial charge in [-0.1, -0.05) is 6.07 Å². The molecule has 0 bridgehead atoms. The molecule has 19 heavy (non-hydrogen) atoms. The Kier molecular flexibility index (Phi) is 3.15. The molecule has 0 radical (unpaired) electrons. The van der Waals surface area contributed by atoms with Gasteiger partial charge in [-0.3, -0.25) is 0 Å². The van der Waals surface area contributed by atoms with E-state index in [1.165, 1.54) is 22.1 Å². The van der Waals surface area contributed by atoms with E-state index in [1.807, 2.05) is 0 Å². The van der Waals surface area contributed by atoms with Crippen LogP contribution in [0.3, 0.4) is 0 Å². The molecule has 1 aromatic carbocycles. The molecule has 0 spiro atoms. The molecule has 2 heterocycles. The summed E-state index contributed by atoms with van der Waals surface area (Å²) in [6, 6.07) is 6.70. The van der Waals surface area contributed by atoms with Gasteiger partial charge in [-0.25, -0.2) is 4.98 Å². The van der Waals surface area contributed by atoms with Crippen LogP contribution in [0.1, 0.15) is 16.7 Å². The normalized spacial score (nSPS) is 16.1. The maximum atomic E-state index is 4.92. The number of fused-ring (bicyclic) bond motifs is 1. The Labute approximate surface area is 114 Å². The molecule has 1 saturated heterocycles. The number of rotatable bonds is 1. The van der Waals surface area contributed by atoms with Crippen molar-refractivity contribution in [2.45, 2.75) is 20.8 Å². The Morgan fingerprint density at radius 3 is 2.47 bits per heavy atom. The van der Waals surface area contributed by atoms with Crippen LogP contribution in [0.5, 0.6) is 0 Å². The lowest BCUT2D eigenvalue weighted by molar-refractivity contribution is 0.584. The maximum absolute atomic E-state index is 4.92. The van der Waals surface area contributed by atoms with Crippen molar-refractivity contribution in [3.63, 3.8) is 0 Å². The van der Waals surface area contributed by atoms with Gasteiger partial charge in [-0.05, 0) is 49.6 Å². The molecular weight excluding hydrogens is 234 g/mol. The minimum atomic E-state index is 1.05. The average molecular weight is 255 g/mol. The monoisotopic (exact) mass is 255 g/mol. The van der Waals surface area contributed by atoms with Gasteiger partial charge >= 0.3 is 0 Å². The zero-order valence-electron chi connectivity index (χ0n) is 12.0. The van der Waals surface area contributed by atoms with E-state index >= 15 is 0 Å². The highest BCUT2D eigenvalue weighted by Gasteiger charge is 2.15. The van der Waals surface area contributed by atoms with E-state index in [0.717, 1.165) is 37.5 Å². The van der Waals surface area contributed by atoms with Gasteiger partial charge < -0.3 is 10.2 Å².